The van der Waals surface area contributed by atoms with Gasteiger partial charge >= 0.3 is 0 Å². The van der Waals surface area contributed by atoms with Gasteiger partial charge in [-0.3, -0.25) is 9.58 Å². The number of furan rings is 1. The van der Waals surface area contributed by atoms with E-state index in [1.807, 2.05) is 30.9 Å². The molecule has 5 heteroatoms. The third-order valence-electron chi connectivity index (χ3n) is 4.97. The molecule has 2 aromatic heterocycles. The summed E-state index contributed by atoms with van der Waals surface area (Å²) in [6.45, 7) is 5.49. The summed E-state index contributed by atoms with van der Waals surface area (Å²) in [5, 5.41) is 4.46. The summed E-state index contributed by atoms with van der Waals surface area (Å²) < 4.78 is 13.8. The number of hydrogen-bond acceptors (Lipinski definition) is 4. The van der Waals surface area contributed by atoms with Crippen molar-refractivity contribution in [2.75, 3.05) is 19.8 Å². The lowest BCUT2D eigenvalue weighted by Crippen LogP contribution is -2.38. The molecule has 3 heterocycles. The van der Waals surface area contributed by atoms with Crippen LogP contribution in [0.15, 0.2) is 22.7 Å². The van der Waals surface area contributed by atoms with E-state index >= 15 is 0 Å². The quantitative estimate of drug-likeness (QED) is 0.822. The van der Waals surface area contributed by atoms with Crippen molar-refractivity contribution in [3.05, 3.63) is 41.1 Å². The maximum Gasteiger partial charge on any atom is 0.118 e. The molecule has 23 heavy (non-hydrogen) atoms. The Morgan fingerprint density at radius 3 is 2.91 bits per heavy atom. The number of ether oxygens (including phenoxy) is 1. The lowest BCUT2D eigenvalue weighted by Gasteiger charge is -2.35. The van der Waals surface area contributed by atoms with Gasteiger partial charge in [0.2, 0.25) is 0 Å². The monoisotopic (exact) mass is 315 g/mol. The van der Waals surface area contributed by atoms with Gasteiger partial charge in [0.25, 0.3) is 0 Å². The SMILES string of the molecule is Cc1ccc(CN2CCc3cnn(C)c3C2COCC2CC2)o1. The van der Waals surface area contributed by atoms with Gasteiger partial charge in [-0.2, -0.15) is 5.10 Å². The van der Waals surface area contributed by atoms with Crippen LogP contribution in [0, 0.1) is 12.8 Å². The van der Waals surface area contributed by atoms with Crippen molar-refractivity contribution in [3.8, 4) is 0 Å². The highest BCUT2D eigenvalue weighted by Crippen LogP contribution is 2.33. The standard InChI is InChI=1S/C18H25N3O2/c1-13-3-6-16(23-13)10-21-8-7-15-9-19-20(2)18(15)17(21)12-22-11-14-4-5-14/h3,6,9,14,17H,4-5,7-8,10-12H2,1-2H3. The highest BCUT2D eigenvalue weighted by Gasteiger charge is 2.32. The highest BCUT2D eigenvalue weighted by molar-refractivity contribution is 5.25. The Morgan fingerprint density at radius 1 is 1.30 bits per heavy atom. The summed E-state index contributed by atoms with van der Waals surface area (Å²) in [7, 11) is 2.03. The lowest BCUT2D eigenvalue weighted by molar-refractivity contribution is 0.0383. The number of fused-ring (bicyclic) bond motifs is 1. The van der Waals surface area contributed by atoms with E-state index in [-0.39, 0.29) is 6.04 Å². The molecule has 5 nitrogen and oxygen atoms in total. The van der Waals surface area contributed by atoms with Crippen molar-refractivity contribution in [3.63, 3.8) is 0 Å². The molecule has 1 unspecified atom stereocenters. The molecule has 0 aromatic carbocycles. The Kier molecular flexibility index (Phi) is 3.99. The third kappa shape index (κ3) is 3.21. The molecule has 0 spiro atoms. The van der Waals surface area contributed by atoms with E-state index in [9.17, 15) is 0 Å². The largest absolute Gasteiger partial charge is 0.465 e. The number of aryl methyl sites for hydroxylation is 2. The molecule has 1 atom stereocenters. The van der Waals surface area contributed by atoms with Crippen LogP contribution < -0.4 is 0 Å². The van der Waals surface area contributed by atoms with Gasteiger partial charge in [0, 0.05) is 20.2 Å². The molecule has 4 rings (SSSR count). The summed E-state index contributed by atoms with van der Waals surface area (Å²) in [6, 6.07) is 4.37. The van der Waals surface area contributed by atoms with Crippen molar-refractivity contribution in [1.29, 1.82) is 0 Å². The molecule has 2 aliphatic rings. The average Bonchev–Trinajstić information content (AvgIpc) is 3.16. The fraction of sp³-hybridized carbons (Fsp3) is 0.611. The topological polar surface area (TPSA) is 43.4 Å². The number of nitrogens with zero attached hydrogens (tertiary/aromatic N) is 3. The maximum absolute atomic E-state index is 6.04. The first-order valence-electron chi connectivity index (χ1n) is 8.58. The van der Waals surface area contributed by atoms with Crippen LogP contribution in [0.3, 0.4) is 0 Å². The summed E-state index contributed by atoms with van der Waals surface area (Å²) in [5.41, 5.74) is 2.66. The zero-order valence-corrected chi connectivity index (χ0v) is 14.0. The first kappa shape index (κ1) is 15.0. The highest BCUT2D eigenvalue weighted by atomic mass is 16.5. The van der Waals surface area contributed by atoms with Gasteiger partial charge in [-0.1, -0.05) is 0 Å². The molecule has 1 fully saturated rings. The van der Waals surface area contributed by atoms with Gasteiger partial charge in [-0.05, 0) is 49.8 Å². The van der Waals surface area contributed by atoms with Crippen molar-refractivity contribution in [1.82, 2.24) is 14.7 Å². The minimum Gasteiger partial charge on any atom is -0.465 e. The predicted molar refractivity (Wildman–Crippen MR) is 87.1 cm³/mol. The number of aromatic nitrogens is 2. The van der Waals surface area contributed by atoms with Crippen LogP contribution in [0.2, 0.25) is 0 Å². The van der Waals surface area contributed by atoms with E-state index in [0.29, 0.717) is 0 Å². The first-order chi connectivity index (χ1) is 11.2. The van der Waals surface area contributed by atoms with Crippen LogP contribution in [0.25, 0.3) is 0 Å². The van der Waals surface area contributed by atoms with Crippen LogP contribution >= 0.6 is 0 Å². The molecular weight excluding hydrogens is 290 g/mol. The summed E-state index contributed by atoms with van der Waals surface area (Å²) >= 11 is 0. The minimum absolute atomic E-state index is 0.260. The first-order valence-corrected chi connectivity index (χ1v) is 8.58. The van der Waals surface area contributed by atoms with Crippen molar-refractivity contribution in [2.45, 2.75) is 38.8 Å². The van der Waals surface area contributed by atoms with Crippen LogP contribution in [0.4, 0.5) is 0 Å². The minimum atomic E-state index is 0.260. The fourth-order valence-electron chi connectivity index (χ4n) is 3.48. The normalized spacial score (nSPS) is 21.6. The molecule has 124 valence electrons. The van der Waals surface area contributed by atoms with Gasteiger partial charge in [-0.15, -0.1) is 0 Å². The van der Waals surface area contributed by atoms with Crippen LogP contribution in [-0.4, -0.2) is 34.4 Å². The summed E-state index contributed by atoms with van der Waals surface area (Å²) in [4.78, 5) is 2.47. The second kappa shape index (κ2) is 6.13. The van der Waals surface area contributed by atoms with Gasteiger partial charge in [0.1, 0.15) is 11.5 Å². The van der Waals surface area contributed by atoms with Crippen molar-refractivity contribution >= 4 is 0 Å². The van der Waals surface area contributed by atoms with Crippen molar-refractivity contribution < 1.29 is 9.15 Å². The third-order valence-corrected chi connectivity index (χ3v) is 4.97. The predicted octanol–water partition coefficient (Wildman–Crippen LogP) is 2.85. The van der Waals surface area contributed by atoms with E-state index in [1.54, 1.807) is 0 Å². The van der Waals surface area contributed by atoms with Gasteiger partial charge in [0.05, 0.1) is 31.1 Å². The van der Waals surface area contributed by atoms with Crippen LogP contribution in [-0.2, 0) is 24.8 Å². The van der Waals surface area contributed by atoms with E-state index < -0.39 is 0 Å². The maximum atomic E-state index is 6.04. The van der Waals surface area contributed by atoms with Crippen LogP contribution in [0.5, 0.6) is 0 Å². The zero-order chi connectivity index (χ0) is 15.8. The van der Waals surface area contributed by atoms with Gasteiger partial charge < -0.3 is 9.15 Å². The summed E-state index contributed by atoms with van der Waals surface area (Å²) in [5.74, 6) is 2.80. The van der Waals surface area contributed by atoms with E-state index in [2.05, 4.69) is 16.1 Å². The van der Waals surface area contributed by atoms with E-state index in [4.69, 9.17) is 9.15 Å². The lowest BCUT2D eigenvalue weighted by atomic mass is 10.00. The molecule has 0 bridgehead atoms. The van der Waals surface area contributed by atoms with Crippen molar-refractivity contribution in [2.24, 2.45) is 13.0 Å². The van der Waals surface area contributed by atoms with Gasteiger partial charge in [-0.25, -0.2) is 0 Å². The Balaban J connectivity index is 1.52. The average molecular weight is 315 g/mol. The second-order valence-corrected chi connectivity index (χ2v) is 6.91. The Bertz CT molecular complexity index is 672. The molecular formula is C18H25N3O2. The molecule has 1 aliphatic heterocycles. The fourth-order valence-corrected chi connectivity index (χ4v) is 3.48. The smallest absolute Gasteiger partial charge is 0.118 e. The van der Waals surface area contributed by atoms with Gasteiger partial charge in [0.15, 0.2) is 0 Å². The molecule has 0 amide bonds. The Hall–Kier alpha value is -1.59. The Morgan fingerprint density at radius 2 is 2.17 bits per heavy atom. The molecule has 0 saturated heterocycles. The summed E-state index contributed by atoms with van der Waals surface area (Å²) in [6.07, 6.45) is 5.72. The van der Waals surface area contributed by atoms with Crippen LogP contribution in [0.1, 0.15) is 41.7 Å². The second-order valence-electron chi connectivity index (χ2n) is 6.91. The van der Waals surface area contributed by atoms with E-state index in [0.717, 1.165) is 50.2 Å². The Labute approximate surface area is 137 Å². The molecule has 0 N–H and O–H groups in total. The molecule has 1 saturated carbocycles. The molecule has 2 aromatic rings. The number of hydrogen-bond donors (Lipinski definition) is 0. The molecule has 1 aliphatic carbocycles. The zero-order valence-electron chi connectivity index (χ0n) is 14.0. The molecule has 0 radical (unpaired) electrons. The van der Waals surface area contributed by atoms with E-state index in [1.165, 1.54) is 24.1 Å². The number of rotatable bonds is 6.